The topological polar surface area (TPSA) is 63.9 Å². The molecule has 0 bridgehead atoms. The summed E-state index contributed by atoms with van der Waals surface area (Å²) in [6.07, 6.45) is 1.47. The summed E-state index contributed by atoms with van der Waals surface area (Å²) in [6.45, 7) is 0. The highest BCUT2D eigenvalue weighted by Crippen LogP contribution is 2.33. The first kappa shape index (κ1) is 9.51. The fourth-order valence-electron chi connectivity index (χ4n) is 1.42. The van der Waals surface area contributed by atoms with Gasteiger partial charge in [0.05, 0.1) is 24.7 Å². The molecule has 0 radical (unpaired) electrons. The summed E-state index contributed by atoms with van der Waals surface area (Å²) in [7, 11) is 1.41. The molecule has 0 fully saturated rings. The van der Waals surface area contributed by atoms with Gasteiger partial charge in [0, 0.05) is 5.56 Å². The third-order valence-corrected chi connectivity index (χ3v) is 2.11. The molecule has 0 saturated carbocycles. The summed E-state index contributed by atoms with van der Waals surface area (Å²) >= 11 is 0. The molecule has 0 amide bonds. The van der Waals surface area contributed by atoms with Gasteiger partial charge in [0.15, 0.2) is 11.6 Å². The fraction of sp³-hybridized carbons (Fsp3) is 0.100. The predicted octanol–water partition coefficient (Wildman–Crippen LogP) is 1.81. The van der Waals surface area contributed by atoms with E-state index in [1.165, 1.54) is 19.4 Å². The summed E-state index contributed by atoms with van der Waals surface area (Å²) in [5.41, 5.74) is 7.26. The van der Waals surface area contributed by atoms with Crippen LogP contribution < -0.4 is 10.5 Å². The number of hydrogen-bond acceptors (Lipinski definition) is 3. The van der Waals surface area contributed by atoms with Gasteiger partial charge in [-0.1, -0.05) is 6.07 Å². The number of H-pyrrole nitrogens is 1. The minimum Gasteiger partial charge on any atom is -0.493 e. The number of ether oxygens (including phenoxy) is 1. The van der Waals surface area contributed by atoms with Crippen LogP contribution >= 0.6 is 0 Å². The van der Waals surface area contributed by atoms with Crippen LogP contribution in [0.5, 0.6) is 5.75 Å². The highest BCUT2D eigenvalue weighted by atomic mass is 19.1. The van der Waals surface area contributed by atoms with Crippen molar-refractivity contribution in [3.8, 4) is 17.0 Å². The third-order valence-electron chi connectivity index (χ3n) is 2.11. The molecule has 1 heterocycles. The second-order valence-electron chi connectivity index (χ2n) is 3.02. The molecule has 3 N–H and O–H groups in total. The molecule has 5 heteroatoms. The molecule has 4 nitrogen and oxygen atoms in total. The first-order valence-electron chi connectivity index (χ1n) is 4.35. The van der Waals surface area contributed by atoms with Crippen LogP contribution in [0.25, 0.3) is 11.3 Å². The number of rotatable bonds is 2. The average molecular weight is 207 g/mol. The van der Waals surface area contributed by atoms with Crippen molar-refractivity contribution >= 4 is 5.69 Å². The molecule has 78 valence electrons. The lowest BCUT2D eigenvalue weighted by Gasteiger charge is -2.07. The van der Waals surface area contributed by atoms with Gasteiger partial charge < -0.3 is 10.5 Å². The molecular weight excluding hydrogens is 197 g/mol. The van der Waals surface area contributed by atoms with Gasteiger partial charge in [0.25, 0.3) is 0 Å². The van der Waals surface area contributed by atoms with Crippen molar-refractivity contribution in [1.82, 2.24) is 10.2 Å². The van der Waals surface area contributed by atoms with Crippen molar-refractivity contribution in [2.45, 2.75) is 0 Å². The molecular formula is C10H10FN3O. The van der Waals surface area contributed by atoms with Crippen LogP contribution in [0.2, 0.25) is 0 Å². The molecule has 2 rings (SSSR count). The van der Waals surface area contributed by atoms with Crippen LogP contribution in [0, 0.1) is 5.82 Å². The monoisotopic (exact) mass is 207 g/mol. The van der Waals surface area contributed by atoms with Crippen LogP contribution in [0.15, 0.2) is 24.4 Å². The third kappa shape index (κ3) is 1.52. The van der Waals surface area contributed by atoms with E-state index in [0.717, 1.165) is 0 Å². The lowest BCUT2D eigenvalue weighted by atomic mass is 10.1. The number of aromatic nitrogens is 2. The maximum Gasteiger partial charge on any atom is 0.165 e. The van der Waals surface area contributed by atoms with Gasteiger partial charge in [0.1, 0.15) is 0 Å². The zero-order valence-electron chi connectivity index (χ0n) is 8.12. The number of hydrogen-bond donors (Lipinski definition) is 2. The van der Waals surface area contributed by atoms with E-state index in [-0.39, 0.29) is 5.75 Å². The van der Waals surface area contributed by atoms with Crippen molar-refractivity contribution in [3.63, 3.8) is 0 Å². The maximum atomic E-state index is 13.4. The summed E-state index contributed by atoms with van der Waals surface area (Å²) in [5, 5.41) is 6.48. The van der Waals surface area contributed by atoms with Crippen LogP contribution in [0.4, 0.5) is 10.1 Å². The predicted molar refractivity (Wildman–Crippen MR) is 54.9 cm³/mol. The second kappa shape index (κ2) is 3.61. The Morgan fingerprint density at radius 2 is 2.27 bits per heavy atom. The SMILES string of the molecule is COc1c(F)cccc1-c1[nH]ncc1N. The lowest BCUT2D eigenvalue weighted by molar-refractivity contribution is 0.388. The van der Waals surface area contributed by atoms with Gasteiger partial charge in [-0.3, -0.25) is 5.10 Å². The number of methoxy groups -OCH3 is 1. The molecule has 2 aromatic rings. The van der Waals surface area contributed by atoms with Crippen molar-refractivity contribution < 1.29 is 9.13 Å². The first-order valence-corrected chi connectivity index (χ1v) is 4.35. The quantitative estimate of drug-likeness (QED) is 0.789. The Morgan fingerprint density at radius 3 is 2.87 bits per heavy atom. The largest absolute Gasteiger partial charge is 0.493 e. The number of halogens is 1. The molecule has 0 unspecified atom stereocenters. The molecule has 1 aromatic heterocycles. The number of para-hydroxylation sites is 1. The van der Waals surface area contributed by atoms with Crippen LogP contribution in [0.1, 0.15) is 0 Å². The average Bonchev–Trinajstić information content (AvgIpc) is 2.64. The standard InChI is InChI=1S/C10H10FN3O/c1-15-10-6(3-2-4-7(10)11)9-8(12)5-13-14-9/h2-5H,12H2,1H3,(H,13,14). The van der Waals surface area contributed by atoms with Crippen LogP contribution in [-0.2, 0) is 0 Å². The molecule has 0 aliphatic rings. The Morgan fingerprint density at radius 1 is 1.47 bits per heavy atom. The number of nitrogen functional groups attached to an aromatic ring is 1. The minimum absolute atomic E-state index is 0.161. The zero-order chi connectivity index (χ0) is 10.8. The Hall–Kier alpha value is -2.04. The summed E-state index contributed by atoms with van der Waals surface area (Å²) in [6, 6.07) is 4.63. The molecule has 0 saturated heterocycles. The number of anilines is 1. The van der Waals surface area contributed by atoms with Gasteiger partial charge >= 0.3 is 0 Å². The highest BCUT2D eigenvalue weighted by molar-refractivity contribution is 5.76. The van der Waals surface area contributed by atoms with E-state index in [0.29, 0.717) is 16.9 Å². The van der Waals surface area contributed by atoms with E-state index in [1.54, 1.807) is 12.1 Å². The molecule has 0 spiro atoms. The minimum atomic E-state index is -0.427. The number of nitrogens with zero attached hydrogens (tertiary/aromatic N) is 1. The maximum absolute atomic E-state index is 13.4. The van der Waals surface area contributed by atoms with E-state index in [2.05, 4.69) is 10.2 Å². The molecule has 0 atom stereocenters. The Labute approximate surface area is 85.9 Å². The molecule has 1 aromatic carbocycles. The van der Waals surface area contributed by atoms with Crippen molar-refractivity contribution in [2.75, 3.05) is 12.8 Å². The zero-order valence-corrected chi connectivity index (χ0v) is 8.12. The summed E-state index contributed by atoms with van der Waals surface area (Å²) in [4.78, 5) is 0. The van der Waals surface area contributed by atoms with Crippen LogP contribution in [0.3, 0.4) is 0 Å². The smallest absolute Gasteiger partial charge is 0.165 e. The molecule has 0 aliphatic carbocycles. The number of aromatic amines is 1. The van der Waals surface area contributed by atoms with E-state index in [4.69, 9.17) is 10.5 Å². The molecule has 0 aliphatic heterocycles. The van der Waals surface area contributed by atoms with Gasteiger partial charge in [-0.15, -0.1) is 0 Å². The highest BCUT2D eigenvalue weighted by Gasteiger charge is 2.13. The number of benzene rings is 1. The Balaban J connectivity index is 2.63. The number of nitrogens with two attached hydrogens (primary N) is 1. The van der Waals surface area contributed by atoms with Gasteiger partial charge in [-0.05, 0) is 12.1 Å². The van der Waals surface area contributed by atoms with Crippen molar-refractivity contribution in [3.05, 3.63) is 30.2 Å². The van der Waals surface area contributed by atoms with E-state index < -0.39 is 5.82 Å². The van der Waals surface area contributed by atoms with Gasteiger partial charge in [0.2, 0.25) is 0 Å². The van der Waals surface area contributed by atoms with Gasteiger partial charge in [-0.25, -0.2) is 4.39 Å². The summed E-state index contributed by atoms with van der Waals surface area (Å²) in [5.74, 6) is -0.266. The lowest BCUT2D eigenvalue weighted by Crippen LogP contribution is -1.94. The first-order chi connectivity index (χ1) is 7.24. The van der Waals surface area contributed by atoms with Gasteiger partial charge in [-0.2, -0.15) is 5.10 Å². The Bertz CT molecular complexity index is 481. The van der Waals surface area contributed by atoms with Crippen molar-refractivity contribution in [2.24, 2.45) is 0 Å². The second-order valence-corrected chi connectivity index (χ2v) is 3.02. The summed E-state index contributed by atoms with van der Waals surface area (Å²) < 4.78 is 18.4. The van der Waals surface area contributed by atoms with Crippen molar-refractivity contribution in [1.29, 1.82) is 0 Å². The fourth-order valence-corrected chi connectivity index (χ4v) is 1.42. The van der Waals surface area contributed by atoms with E-state index >= 15 is 0 Å². The number of nitrogens with one attached hydrogen (secondary N) is 1. The normalized spacial score (nSPS) is 10.3. The Kier molecular flexibility index (Phi) is 2.29. The molecule has 15 heavy (non-hydrogen) atoms. The van der Waals surface area contributed by atoms with Crippen LogP contribution in [-0.4, -0.2) is 17.3 Å². The van der Waals surface area contributed by atoms with E-state index in [9.17, 15) is 4.39 Å². The van der Waals surface area contributed by atoms with E-state index in [1.807, 2.05) is 0 Å².